The van der Waals surface area contributed by atoms with E-state index in [1.54, 1.807) is 0 Å². The third kappa shape index (κ3) is 4.40. The number of nitrogens with one attached hydrogen (secondary N) is 2. The molecule has 0 aromatic carbocycles. The summed E-state index contributed by atoms with van der Waals surface area (Å²) in [7, 11) is 0. The minimum atomic E-state index is 0.776. The molecule has 0 fully saturated rings. The zero-order chi connectivity index (χ0) is 13.7. The van der Waals surface area contributed by atoms with Gasteiger partial charge in [0, 0.05) is 27.4 Å². The van der Waals surface area contributed by atoms with Gasteiger partial charge in [0.15, 0.2) is 0 Å². The highest BCUT2D eigenvalue weighted by molar-refractivity contribution is 9.11. The summed E-state index contributed by atoms with van der Waals surface area (Å²) in [6, 6.07) is 2.01. The van der Waals surface area contributed by atoms with Crippen molar-refractivity contribution in [3.05, 3.63) is 44.4 Å². The summed E-state index contributed by atoms with van der Waals surface area (Å²) in [5.41, 5.74) is 3.49. The van der Waals surface area contributed by atoms with Crippen LogP contribution in [-0.4, -0.2) is 21.7 Å². The van der Waals surface area contributed by atoms with E-state index in [0.717, 1.165) is 46.3 Å². The van der Waals surface area contributed by atoms with E-state index in [-0.39, 0.29) is 0 Å². The highest BCUT2D eigenvalue weighted by Gasteiger charge is 2.03. The van der Waals surface area contributed by atoms with Gasteiger partial charge in [0.2, 0.25) is 0 Å². The first kappa shape index (κ1) is 14.7. The minimum Gasteiger partial charge on any atom is -0.311 e. The van der Waals surface area contributed by atoms with Crippen LogP contribution in [0.5, 0.6) is 0 Å². The predicted octanol–water partition coefficient (Wildman–Crippen LogP) is 3.36. The predicted molar refractivity (Wildman–Crippen MR) is 83.0 cm³/mol. The number of aromatic nitrogens is 3. The summed E-state index contributed by atoms with van der Waals surface area (Å²) in [5, 5.41) is 10.4. The molecule has 0 saturated carbocycles. The van der Waals surface area contributed by atoms with Crippen LogP contribution in [0.1, 0.15) is 23.4 Å². The number of H-pyrrole nitrogens is 1. The Bertz CT molecular complexity index is 539. The van der Waals surface area contributed by atoms with Crippen LogP contribution in [-0.2, 0) is 13.0 Å². The highest BCUT2D eigenvalue weighted by Crippen LogP contribution is 2.19. The van der Waals surface area contributed by atoms with Gasteiger partial charge in [-0.25, -0.2) is 0 Å². The lowest BCUT2D eigenvalue weighted by molar-refractivity contribution is 0.638. The number of aryl methyl sites for hydroxylation is 2. The number of nitrogens with zero attached hydrogens (tertiary/aromatic N) is 2. The molecular weight excluding hydrogens is 372 g/mol. The molecule has 0 unspecified atom stereocenters. The Morgan fingerprint density at radius 1 is 1.32 bits per heavy atom. The van der Waals surface area contributed by atoms with Crippen LogP contribution in [0.15, 0.2) is 27.4 Å². The zero-order valence-electron chi connectivity index (χ0n) is 10.7. The molecule has 2 aromatic heterocycles. The molecule has 6 heteroatoms. The van der Waals surface area contributed by atoms with Crippen LogP contribution >= 0.6 is 31.9 Å². The lowest BCUT2D eigenvalue weighted by atomic mass is 10.1. The van der Waals surface area contributed by atoms with Crippen LogP contribution in [0, 0.1) is 6.92 Å². The van der Waals surface area contributed by atoms with E-state index in [1.165, 1.54) is 5.56 Å². The van der Waals surface area contributed by atoms with Crippen LogP contribution in [0.2, 0.25) is 0 Å². The van der Waals surface area contributed by atoms with Crippen molar-refractivity contribution in [2.75, 3.05) is 6.54 Å². The first-order valence-corrected chi connectivity index (χ1v) is 7.75. The van der Waals surface area contributed by atoms with Gasteiger partial charge in [0.1, 0.15) is 0 Å². The Kier molecular flexibility index (Phi) is 5.54. The highest BCUT2D eigenvalue weighted by atomic mass is 79.9. The minimum absolute atomic E-state index is 0.776. The molecule has 2 rings (SSSR count). The van der Waals surface area contributed by atoms with E-state index in [1.807, 2.05) is 18.5 Å². The molecule has 0 bridgehead atoms. The Balaban J connectivity index is 1.71. The zero-order valence-corrected chi connectivity index (χ0v) is 13.9. The van der Waals surface area contributed by atoms with Gasteiger partial charge in [0.25, 0.3) is 0 Å². The fourth-order valence-corrected chi connectivity index (χ4v) is 2.94. The molecule has 2 aromatic rings. The molecule has 2 heterocycles. The molecule has 0 amide bonds. The molecule has 0 atom stereocenters. The second-order valence-corrected chi connectivity index (χ2v) is 6.15. The lowest BCUT2D eigenvalue weighted by Crippen LogP contribution is -2.16. The Labute approximate surface area is 129 Å². The maximum atomic E-state index is 4.37. The van der Waals surface area contributed by atoms with Crippen molar-refractivity contribution in [1.29, 1.82) is 0 Å². The van der Waals surface area contributed by atoms with E-state index in [4.69, 9.17) is 0 Å². The van der Waals surface area contributed by atoms with Crippen molar-refractivity contribution >= 4 is 31.9 Å². The molecule has 19 heavy (non-hydrogen) atoms. The van der Waals surface area contributed by atoms with Crippen LogP contribution in [0.4, 0.5) is 0 Å². The molecule has 0 saturated heterocycles. The number of rotatable bonds is 6. The molecule has 0 aliphatic carbocycles. The summed E-state index contributed by atoms with van der Waals surface area (Å²) >= 11 is 6.91. The lowest BCUT2D eigenvalue weighted by Gasteiger charge is -2.06. The normalized spacial score (nSPS) is 10.9. The maximum absolute atomic E-state index is 4.37. The topological polar surface area (TPSA) is 53.6 Å². The van der Waals surface area contributed by atoms with E-state index in [2.05, 4.69) is 59.3 Å². The smallest absolute Gasteiger partial charge is 0.0684 e. The number of hydrogen-bond donors (Lipinski definition) is 2. The maximum Gasteiger partial charge on any atom is 0.0684 e. The van der Waals surface area contributed by atoms with Crippen LogP contribution < -0.4 is 5.32 Å². The summed E-state index contributed by atoms with van der Waals surface area (Å²) < 4.78 is 2.01. The molecule has 4 nitrogen and oxygen atoms in total. The molecule has 2 N–H and O–H groups in total. The van der Waals surface area contributed by atoms with Gasteiger partial charge in [-0.15, -0.1) is 0 Å². The van der Waals surface area contributed by atoms with Crippen molar-refractivity contribution < 1.29 is 0 Å². The quantitative estimate of drug-likeness (QED) is 0.747. The average Bonchev–Trinajstić information content (AvgIpc) is 2.77. The molecule has 0 aliphatic heterocycles. The van der Waals surface area contributed by atoms with E-state index < -0.39 is 0 Å². The van der Waals surface area contributed by atoms with Crippen LogP contribution in [0.25, 0.3) is 0 Å². The molecule has 0 aliphatic rings. The standard InChI is InChI=1S/C13H16Br2N4/c1-9-10(6-18-19-9)3-2-4-16-8-13-12(15)5-11(14)7-17-13/h5-7,16H,2-4,8H2,1H3,(H,18,19). The van der Waals surface area contributed by atoms with Gasteiger partial charge in [-0.2, -0.15) is 5.10 Å². The van der Waals surface area contributed by atoms with E-state index >= 15 is 0 Å². The van der Waals surface area contributed by atoms with Crippen molar-refractivity contribution in [3.63, 3.8) is 0 Å². The Hall–Kier alpha value is -0.720. The molecule has 0 radical (unpaired) electrons. The van der Waals surface area contributed by atoms with Crippen molar-refractivity contribution in [2.24, 2.45) is 0 Å². The molecular formula is C13H16Br2N4. The van der Waals surface area contributed by atoms with Crippen molar-refractivity contribution in [3.8, 4) is 0 Å². The van der Waals surface area contributed by atoms with Crippen molar-refractivity contribution in [2.45, 2.75) is 26.3 Å². The Morgan fingerprint density at radius 2 is 2.16 bits per heavy atom. The second kappa shape index (κ2) is 7.17. The molecule has 0 spiro atoms. The third-order valence-electron chi connectivity index (χ3n) is 2.91. The summed E-state index contributed by atoms with van der Waals surface area (Å²) in [4.78, 5) is 4.37. The second-order valence-electron chi connectivity index (χ2n) is 4.38. The first-order chi connectivity index (χ1) is 9.16. The fourth-order valence-electron chi connectivity index (χ4n) is 1.81. The van der Waals surface area contributed by atoms with Gasteiger partial charge in [0.05, 0.1) is 11.9 Å². The number of pyridine rings is 1. The first-order valence-electron chi connectivity index (χ1n) is 6.16. The monoisotopic (exact) mass is 386 g/mol. The van der Waals surface area contributed by atoms with Crippen LogP contribution in [0.3, 0.4) is 0 Å². The number of halogens is 2. The van der Waals surface area contributed by atoms with Crippen molar-refractivity contribution in [1.82, 2.24) is 20.5 Å². The van der Waals surface area contributed by atoms with Gasteiger partial charge in [-0.05, 0) is 69.8 Å². The van der Waals surface area contributed by atoms with Gasteiger partial charge in [-0.1, -0.05) is 0 Å². The van der Waals surface area contributed by atoms with Gasteiger partial charge >= 0.3 is 0 Å². The number of hydrogen-bond acceptors (Lipinski definition) is 3. The Morgan fingerprint density at radius 3 is 2.84 bits per heavy atom. The number of aromatic amines is 1. The van der Waals surface area contributed by atoms with Gasteiger partial charge < -0.3 is 5.32 Å². The third-order valence-corrected chi connectivity index (χ3v) is 4.03. The average molecular weight is 388 g/mol. The molecule has 102 valence electrons. The van der Waals surface area contributed by atoms with Gasteiger partial charge in [-0.3, -0.25) is 10.1 Å². The van der Waals surface area contributed by atoms with E-state index in [9.17, 15) is 0 Å². The van der Waals surface area contributed by atoms with E-state index in [0.29, 0.717) is 0 Å². The fraction of sp³-hybridized carbons (Fsp3) is 0.385. The summed E-state index contributed by atoms with van der Waals surface area (Å²) in [6.45, 7) is 3.80. The largest absolute Gasteiger partial charge is 0.311 e. The SMILES string of the molecule is Cc1[nH]ncc1CCCNCc1ncc(Br)cc1Br. The summed E-state index contributed by atoms with van der Waals surface area (Å²) in [6.07, 6.45) is 5.86. The summed E-state index contributed by atoms with van der Waals surface area (Å²) in [5.74, 6) is 0.